The summed E-state index contributed by atoms with van der Waals surface area (Å²) in [6.45, 7) is 3.92. The molecule has 0 saturated heterocycles. The number of nitrogens with one attached hydrogen (secondary N) is 2. The number of rotatable bonds is 6. The lowest BCUT2D eigenvalue weighted by molar-refractivity contribution is -0.115. The van der Waals surface area contributed by atoms with Crippen molar-refractivity contribution in [1.82, 2.24) is 15.1 Å². The molecule has 0 aliphatic rings. The topological polar surface area (TPSA) is 59.0 Å². The van der Waals surface area contributed by atoms with E-state index in [4.69, 9.17) is 11.6 Å². The minimum atomic E-state index is -0.326. The van der Waals surface area contributed by atoms with Crippen LogP contribution in [-0.4, -0.2) is 22.2 Å². The summed E-state index contributed by atoms with van der Waals surface area (Å²) >= 11 is 6.01. The standard InChI is InChI=1S/C20H20ClFN4O/c1-13-10-19(26(25-13)18-8-6-17(22)7-9-18)24-20(27)12-23-14(2)15-4-3-5-16(21)11-15/h3-11,14,23H,12H2,1-2H3,(H,24,27)/t14-/m0/s1. The number of carbonyl (C=O) groups excluding carboxylic acids is 1. The van der Waals surface area contributed by atoms with E-state index >= 15 is 0 Å². The molecule has 3 aromatic rings. The van der Waals surface area contributed by atoms with Gasteiger partial charge in [-0.1, -0.05) is 23.7 Å². The Morgan fingerprint density at radius 2 is 1.96 bits per heavy atom. The maximum atomic E-state index is 13.1. The predicted octanol–water partition coefficient (Wildman–Crippen LogP) is 4.26. The molecule has 0 aliphatic heterocycles. The summed E-state index contributed by atoms with van der Waals surface area (Å²) in [7, 11) is 0. The lowest BCUT2D eigenvalue weighted by atomic mass is 10.1. The highest BCUT2D eigenvalue weighted by atomic mass is 35.5. The normalized spacial score (nSPS) is 12.0. The first-order chi connectivity index (χ1) is 12.9. The van der Waals surface area contributed by atoms with Gasteiger partial charge in [-0.15, -0.1) is 0 Å². The number of aryl methyl sites for hydroxylation is 1. The Morgan fingerprint density at radius 1 is 1.22 bits per heavy atom. The molecule has 0 unspecified atom stereocenters. The molecule has 140 valence electrons. The largest absolute Gasteiger partial charge is 0.309 e. The van der Waals surface area contributed by atoms with Crippen LogP contribution in [0, 0.1) is 12.7 Å². The van der Waals surface area contributed by atoms with Crippen molar-refractivity contribution in [3.8, 4) is 5.69 Å². The van der Waals surface area contributed by atoms with Gasteiger partial charge in [0.15, 0.2) is 0 Å². The number of anilines is 1. The van der Waals surface area contributed by atoms with Crippen molar-refractivity contribution < 1.29 is 9.18 Å². The molecule has 1 aromatic heterocycles. The minimum Gasteiger partial charge on any atom is -0.309 e. The van der Waals surface area contributed by atoms with Crippen LogP contribution in [0.5, 0.6) is 0 Å². The molecule has 7 heteroatoms. The molecule has 0 aliphatic carbocycles. The molecular weight excluding hydrogens is 367 g/mol. The van der Waals surface area contributed by atoms with Crippen molar-refractivity contribution in [2.45, 2.75) is 19.9 Å². The lowest BCUT2D eigenvalue weighted by Crippen LogP contribution is -2.30. The van der Waals surface area contributed by atoms with Crippen LogP contribution in [0.3, 0.4) is 0 Å². The Kier molecular flexibility index (Phi) is 5.88. The van der Waals surface area contributed by atoms with E-state index in [0.29, 0.717) is 16.5 Å². The number of hydrogen-bond acceptors (Lipinski definition) is 3. The third-order valence-corrected chi connectivity index (χ3v) is 4.32. The van der Waals surface area contributed by atoms with E-state index in [0.717, 1.165) is 11.3 Å². The third kappa shape index (κ3) is 4.93. The van der Waals surface area contributed by atoms with Gasteiger partial charge in [-0.2, -0.15) is 5.10 Å². The van der Waals surface area contributed by atoms with Gasteiger partial charge in [0, 0.05) is 17.1 Å². The third-order valence-electron chi connectivity index (χ3n) is 4.09. The summed E-state index contributed by atoms with van der Waals surface area (Å²) in [5.41, 5.74) is 2.41. The lowest BCUT2D eigenvalue weighted by Gasteiger charge is -2.15. The van der Waals surface area contributed by atoms with Crippen LogP contribution >= 0.6 is 11.6 Å². The van der Waals surface area contributed by atoms with Crippen LogP contribution in [0.25, 0.3) is 5.69 Å². The van der Waals surface area contributed by atoms with Crippen molar-refractivity contribution >= 4 is 23.3 Å². The van der Waals surface area contributed by atoms with E-state index < -0.39 is 0 Å². The molecule has 5 nitrogen and oxygen atoms in total. The van der Waals surface area contributed by atoms with Gasteiger partial charge < -0.3 is 10.6 Å². The fourth-order valence-electron chi connectivity index (χ4n) is 2.69. The molecule has 1 atom stereocenters. The van der Waals surface area contributed by atoms with Crippen molar-refractivity contribution in [2.24, 2.45) is 0 Å². The van der Waals surface area contributed by atoms with E-state index in [2.05, 4.69) is 15.7 Å². The molecule has 2 aromatic carbocycles. The highest BCUT2D eigenvalue weighted by molar-refractivity contribution is 6.30. The summed E-state index contributed by atoms with van der Waals surface area (Å²) in [5, 5.41) is 11.0. The van der Waals surface area contributed by atoms with Crippen LogP contribution in [0.4, 0.5) is 10.2 Å². The number of halogens is 2. The quantitative estimate of drug-likeness (QED) is 0.665. The Morgan fingerprint density at radius 3 is 2.67 bits per heavy atom. The summed E-state index contributed by atoms with van der Waals surface area (Å²) in [6, 6.07) is 15.2. The molecule has 3 rings (SSSR count). The van der Waals surface area contributed by atoms with Gasteiger partial charge in [-0.25, -0.2) is 9.07 Å². The highest BCUT2D eigenvalue weighted by Crippen LogP contribution is 2.19. The molecule has 1 amide bonds. The fraction of sp³-hybridized carbons (Fsp3) is 0.200. The summed E-state index contributed by atoms with van der Waals surface area (Å²) < 4.78 is 14.7. The van der Waals surface area contributed by atoms with Gasteiger partial charge in [-0.3, -0.25) is 4.79 Å². The number of carbonyl (C=O) groups is 1. The maximum Gasteiger partial charge on any atom is 0.239 e. The van der Waals surface area contributed by atoms with Gasteiger partial charge in [0.1, 0.15) is 11.6 Å². The second-order valence-electron chi connectivity index (χ2n) is 6.26. The van der Waals surface area contributed by atoms with Crippen LogP contribution in [0.1, 0.15) is 24.2 Å². The molecule has 2 N–H and O–H groups in total. The van der Waals surface area contributed by atoms with Crippen molar-refractivity contribution in [2.75, 3.05) is 11.9 Å². The average Bonchev–Trinajstić information content (AvgIpc) is 3.00. The Labute approximate surface area is 162 Å². The summed E-state index contributed by atoms with van der Waals surface area (Å²) in [4.78, 5) is 12.4. The minimum absolute atomic E-state index is 0.0294. The zero-order valence-electron chi connectivity index (χ0n) is 15.0. The first-order valence-electron chi connectivity index (χ1n) is 8.53. The first-order valence-corrected chi connectivity index (χ1v) is 8.91. The Bertz CT molecular complexity index is 939. The van der Waals surface area contributed by atoms with E-state index in [1.165, 1.54) is 12.1 Å². The van der Waals surface area contributed by atoms with Crippen LogP contribution in [-0.2, 0) is 4.79 Å². The van der Waals surface area contributed by atoms with Crippen LogP contribution in [0.15, 0.2) is 54.6 Å². The van der Waals surface area contributed by atoms with Gasteiger partial charge in [0.25, 0.3) is 0 Å². The van der Waals surface area contributed by atoms with Crippen molar-refractivity contribution in [3.63, 3.8) is 0 Å². The monoisotopic (exact) mass is 386 g/mol. The zero-order valence-corrected chi connectivity index (χ0v) is 15.8. The van der Waals surface area contributed by atoms with Gasteiger partial charge in [0.05, 0.1) is 17.9 Å². The molecule has 0 saturated carbocycles. The molecule has 0 radical (unpaired) electrons. The van der Waals surface area contributed by atoms with Gasteiger partial charge in [-0.05, 0) is 55.8 Å². The van der Waals surface area contributed by atoms with E-state index in [1.54, 1.807) is 22.9 Å². The second kappa shape index (κ2) is 8.33. The van der Waals surface area contributed by atoms with E-state index in [9.17, 15) is 9.18 Å². The summed E-state index contributed by atoms with van der Waals surface area (Å²) in [5.74, 6) is 0.000808. The van der Waals surface area contributed by atoms with Gasteiger partial charge in [0.2, 0.25) is 5.91 Å². The van der Waals surface area contributed by atoms with Crippen molar-refractivity contribution in [1.29, 1.82) is 0 Å². The number of amides is 1. The van der Waals surface area contributed by atoms with Crippen LogP contribution in [0.2, 0.25) is 5.02 Å². The predicted molar refractivity (Wildman–Crippen MR) is 105 cm³/mol. The number of aromatic nitrogens is 2. The SMILES string of the molecule is Cc1cc(NC(=O)CN[C@@H](C)c2cccc(Cl)c2)n(-c2ccc(F)cc2)n1. The molecule has 27 heavy (non-hydrogen) atoms. The summed E-state index contributed by atoms with van der Waals surface area (Å²) in [6.07, 6.45) is 0. The Hall–Kier alpha value is -2.70. The highest BCUT2D eigenvalue weighted by Gasteiger charge is 2.13. The maximum absolute atomic E-state index is 13.1. The Balaban J connectivity index is 1.65. The molecular formula is C20H20ClFN4O. The first kappa shape index (κ1) is 19.1. The average molecular weight is 387 g/mol. The number of benzene rings is 2. The molecule has 1 heterocycles. The van der Waals surface area contributed by atoms with Crippen molar-refractivity contribution in [3.05, 3.63) is 76.7 Å². The zero-order chi connectivity index (χ0) is 19.4. The number of nitrogens with zero attached hydrogens (tertiary/aromatic N) is 2. The molecule has 0 spiro atoms. The van der Waals surface area contributed by atoms with E-state index in [-0.39, 0.29) is 24.3 Å². The fourth-order valence-corrected chi connectivity index (χ4v) is 2.89. The second-order valence-corrected chi connectivity index (χ2v) is 6.70. The smallest absolute Gasteiger partial charge is 0.239 e. The number of hydrogen-bond donors (Lipinski definition) is 2. The van der Waals surface area contributed by atoms with E-state index in [1.807, 2.05) is 38.1 Å². The van der Waals surface area contributed by atoms with Gasteiger partial charge >= 0.3 is 0 Å². The molecule has 0 fully saturated rings. The molecule has 0 bridgehead atoms. The van der Waals surface area contributed by atoms with Crippen LogP contribution < -0.4 is 10.6 Å².